The Bertz CT molecular complexity index is 721. The summed E-state index contributed by atoms with van der Waals surface area (Å²) >= 11 is 0. The molecule has 23 heavy (non-hydrogen) atoms. The third-order valence-electron chi connectivity index (χ3n) is 4.17. The van der Waals surface area contributed by atoms with E-state index in [1.165, 1.54) is 0 Å². The second-order valence-corrected chi connectivity index (χ2v) is 7.63. The molecule has 1 fully saturated rings. The average molecular weight is 336 g/mol. The number of likely N-dealkylation sites (tertiary alicyclic amines) is 1. The maximum atomic E-state index is 12.4. The van der Waals surface area contributed by atoms with Gasteiger partial charge in [0.1, 0.15) is 0 Å². The number of hydrogen-bond donors (Lipinski definition) is 2. The fourth-order valence-corrected chi connectivity index (χ4v) is 3.76. The Morgan fingerprint density at radius 1 is 1.26 bits per heavy atom. The monoisotopic (exact) mass is 336 g/mol. The van der Waals surface area contributed by atoms with Crippen molar-refractivity contribution in [1.29, 1.82) is 0 Å². The second kappa shape index (κ2) is 6.73. The van der Waals surface area contributed by atoms with Crippen molar-refractivity contribution in [2.24, 2.45) is 5.92 Å². The molecule has 124 valence electrons. The van der Waals surface area contributed by atoms with Gasteiger partial charge in [-0.05, 0) is 68.4 Å². The van der Waals surface area contributed by atoms with E-state index in [-0.39, 0.29) is 4.90 Å². The van der Waals surface area contributed by atoms with Crippen LogP contribution in [0.3, 0.4) is 0 Å². The quantitative estimate of drug-likeness (QED) is 0.823. The predicted molar refractivity (Wildman–Crippen MR) is 85.0 cm³/mol. The number of H-pyrrole nitrogens is 1. The maximum absolute atomic E-state index is 12.4. The molecular weight excluding hydrogens is 316 g/mol. The van der Waals surface area contributed by atoms with Gasteiger partial charge in [0.2, 0.25) is 15.8 Å². The Morgan fingerprint density at radius 2 is 1.96 bits per heavy atom. The van der Waals surface area contributed by atoms with Crippen LogP contribution in [0.4, 0.5) is 0 Å². The topological polar surface area (TPSA) is 104 Å². The maximum Gasteiger partial charge on any atom is 0.240 e. The van der Waals surface area contributed by atoms with Gasteiger partial charge in [-0.25, -0.2) is 13.1 Å². The average Bonchev–Trinajstić information content (AvgIpc) is 3.09. The SMILES string of the molecule is CN1CCC(CNS(=O)(=O)c2ccc(-c3nn[nH]n3)cc2)CC1. The first-order valence-electron chi connectivity index (χ1n) is 7.57. The molecule has 2 N–H and O–H groups in total. The van der Waals surface area contributed by atoms with Crippen LogP contribution >= 0.6 is 0 Å². The number of nitrogens with one attached hydrogen (secondary N) is 2. The Hall–Kier alpha value is -1.84. The summed E-state index contributed by atoms with van der Waals surface area (Å²) in [5, 5.41) is 13.6. The summed E-state index contributed by atoms with van der Waals surface area (Å²) in [6, 6.07) is 6.47. The van der Waals surface area contributed by atoms with Gasteiger partial charge in [0.25, 0.3) is 0 Å². The van der Waals surface area contributed by atoms with E-state index in [0.717, 1.165) is 25.9 Å². The highest BCUT2D eigenvalue weighted by Crippen LogP contribution is 2.18. The molecule has 1 aliphatic rings. The fourth-order valence-electron chi connectivity index (χ4n) is 2.64. The van der Waals surface area contributed by atoms with Crippen LogP contribution in [0, 0.1) is 5.92 Å². The third-order valence-corrected chi connectivity index (χ3v) is 5.61. The van der Waals surface area contributed by atoms with Crippen LogP contribution in [0.2, 0.25) is 0 Å². The highest BCUT2D eigenvalue weighted by atomic mass is 32.2. The van der Waals surface area contributed by atoms with E-state index in [9.17, 15) is 8.42 Å². The van der Waals surface area contributed by atoms with Crippen LogP contribution < -0.4 is 4.72 Å². The zero-order valence-corrected chi connectivity index (χ0v) is 13.8. The number of nitrogens with zero attached hydrogens (tertiary/aromatic N) is 4. The van der Waals surface area contributed by atoms with E-state index in [4.69, 9.17) is 0 Å². The zero-order chi connectivity index (χ0) is 16.3. The molecule has 0 radical (unpaired) electrons. The first-order valence-corrected chi connectivity index (χ1v) is 9.05. The van der Waals surface area contributed by atoms with Crippen molar-refractivity contribution in [3.05, 3.63) is 24.3 Å². The first-order chi connectivity index (χ1) is 11.0. The lowest BCUT2D eigenvalue weighted by molar-refractivity contribution is 0.220. The molecule has 1 saturated heterocycles. The first kappa shape index (κ1) is 16.0. The molecule has 8 nitrogen and oxygen atoms in total. The molecule has 0 saturated carbocycles. The largest absolute Gasteiger partial charge is 0.306 e. The molecule has 0 unspecified atom stereocenters. The minimum Gasteiger partial charge on any atom is -0.306 e. The summed E-state index contributed by atoms with van der Waals surface area (Å²) in [4.78, 5) is 2.51. The number of aromatic amines is 1. The molecule has 0 amide bonds. The molecular formula is C14H20N6O2S. The number of piperidine rings is 1. The molecule has 1 aliphatic heterocycles. The standard InChI is InChI=1S/C14H20N6O2S/c1-20-8-6-11(7-9-20)10-15-23(21,22)13-4-2-12(3-5-13)14-16-18-19-17-14/h2-5,11,15H,6-10H2,1H3,(H,16,17,18,19). The van der Waals surface area contributed by atoms with Crippen molar-refractivity contribution in [2.45, 2.75) is 17.7 Å². The lowest BCUT2D eigenvalue weighted by atomic mass is 9.98. The number of aromatic nitrogens is 4. The molecule has 1 aromatic carbocycles. The van der Waals surface area contributed by atoms with E-state index < -0.39 is 10.0 Å². The molecule has 0 bridgehead atoms. The summed E-state index contributed by atoms with van der Waals surface area (Å²) in [5.41, 5.74) is 0.716. The van der Waals surface area contributed by atoms with Crippen LogP contribution in [0.1, 0.15) is 12.8 Å². The zero-order valence-electron chi connectivity index (χ0n) is 12.9. The van der Waals surface area contributed by atoms with Gasteiger partial charge in [-0.2, -0.15) is 5.21 Å². The molecule has 0 atom stereocenters. The smallest absolute Gasteiger partial charge is 0.240 e. The van der Waals surface area contributed by atoms with E-state index in [0.29, 0.717) is 23.9 Å². The molecule has 9 heteroatoms. The second-order valence-electron chi connectivity index (χ2n) is 5.86. The minimum atomic E-state index is -3.49. The summed E-state index contributed by atoms with van der Waals surface area (Å²) in [6.07, 6.45) is 2.05. The fraction of sp³-hybridized carbons (Fsp3) is 0.500. The van der Waals surface area contributed by atoms with Crippen LogP contribution in [0.5, 0.6) is 0 Å². The molecule has 0 aliphatic carbocycles. The van der Waals surface area contributed by atoms with E-state index >= 15 is 0 Å². The Balaban J connectivity index is 1.63. The van der Waals surface area contributed by atoms with Gasteiger partial charge in [-0.3, -0.25) is 0 Å². The van der Waals surface area contributed by atoms with E-state index in [2.05, 4.69) is 37.3 Å². The van der Waals surface area contributed by atoms with Crippen molar-refractivity contribution in [2.75, 3.05) is 26.7 Å². The molecule has 3 rings (SSSR count). The Labute approximate surface area is 135 Å². The minimum absolute atomic E-state index is 0.248. The van der Waals surface area contributed by atoms with Crippen molar-refractivity contribution in [3.8, 4) is 11.4 Å². The summed E-state index contributed by atoms with van der Waals surface area (Å²) < 4.78 is 27.4. The summed E-state index contributed by atoms with van der Waals surface area (Å²) in [5.74, 6) is 0.841. The van der Waals surface area contributed by atoms with Gasteiger partial charge in [0, 0.05) is 12.1 Å². The van der Waals surface area contributed by atoms with Gasteiger partial charge in [0.05, 0.1) is 4.90 Å². The number of tetrazole rings is 1. The van der Waals surface area contributed by atoms with Crippen molar-refractivity contribution < 1.29 is 8.42 Å². The molecule has 2 aromatic rings. The molecule has 2 heterocycles. The van der Waals surface area contributed by atoms with Gasteiger partial charge in [-0.15, -0.1) is 10.2 Å². The number of rotatable bonds is 5. The number of sulfonamides is 1. The van der Waals surface area contributed by atoms with Crippen LogP contribution in [0.25, 0.3) is 11.4 Å². The van der Waals surface area contributed by atoms with Crippen LogP contribution in [-0.4, -0.2) is 60.6 Å². The Kier molecular flexibility index (Phi) is 4.69. The summed E-state index contributed by atoms with van der Waals surface area (Å²) in [7, 11) is -1.40. The Morgan fingerprint density at radius 3 is 2.57 bits per heavy atom. The summed E-state index contributed by atoms with van der Waals surface area (Å²) in [6.45, 7) is 2.53. The predicted octanol–water partition coefficient (Wildman–Crippen LogP) is 0.487. The van der Waals surface area contributed by atoms with Crippen LogP contribution in [-0.2, 0) is 10.0 Å². The number of benzene rings is 1. The van der Waals surface area contributed by atoms with Crippen molar-refractivity contribution in [1.82, 2.24) is 30.2 Å². The van der Waals surface area contributed by atoms with Crippen LogP contribution in [0.15, 0.2) is 29.2 Å². The highest BCUT2D eigenvalue weighted by molar-refractivity contribution is 7.89. The van der Waals surface area contributed by atoms with Crippen molar-refractivity contribution in [3.63, 3.8) is 0 Å². The number of hydrogen-bond acceptors (Lipinski definition) is 6. The molecule has 0 spiro atoms. The van der Waals surface area contributed by atoms with Gasteiger partial charge in [0.15, 0.2) is 0 Å². The van der Waals surface area contributed by atoms with Crippen molar-refractivity contribution >= 4 is 10.0 Å². The van der Waals surface area contributed by atoms with E-state index in [1.54, 1.807) is 24.3 Å². The van der Waals surface area contributed by atoms with Gasteiger partial charge < -0.3 is 4.90 Å². The van der Waals surface area contributed by atoms with E-state index in [1.807, 2.05) is 0 Å². The van der Waals surface area contributed by atoms with Gasteiger partial charge in [-0.1, -0.05) is 0 Å². The normalized spacial score (nSPS) is 17.4. The highest BCUT2D eigenvalue weighted by Gasteiger charge is 2.20. The lowest BCUT2D eigenvalue weighted by Crippen LogP contribution is -2.36. The van der Waals surface area contributed by atoms with Gasteiger partial charge >= 0.3 is 0 Å². The molecule has 1 aromatic heterocycles. The third kappa shape index (κ3) is 3.92. The lowest BCUT2D eigenvalue weighted by Gasteiger charge is -2.28.